The molecule has 1 saturated heterocycles. The van der Waals surface area contributed by atoms with Crippen LogP contribution in [0.1, 0.15) is 16.5 Å². The normalized spacial score (nSPS) is 17.2. The van der Waals surface area contributed by atoms with Crippen molar-refractivity contribution in [2.45, 2.75) is 6.04 Å². The first-order valence-electron chi connectivity index (χ1n) is 8.10. The molecule has 0 bridgehead atoms. The van der Waals surface area contributed by atoms with E-state index in [9.17, 15) is 0 Å². The zero-order chi connectivity index (χ0) is 16.5. The minimum absolute atomic E-state index is 0.175. The van der Waals surface area contributed by atoms with Gasteiger partial charge in [-0.25, -0.2) is 0 Å². The summed E-state index contributed by atoms with van der Waals surface area (Å²) < 4.78 is 1.32. The first-order valence-corrected chi connectivity index (χ1v) is 9.68. The van der Waals surface area contributed by atoms with Gasteiger partial charge in [-0.15, -0.1) is 11.3 Å². The third-order valence-electron chi connectivity index (χ3n) is 4.49. The maximum atomic E-state index is 6.57. The van der Waals surface area contributed by atoms with Crippen LogP contribution in [-0.4, -0.2) is 31.1 Å². The minimum atomic E-state index is 0.175. The molecular weight excluding hydrogens is 359 g/mol. The van der Waals surface area contributed by atoms with E-state index in [0.717, 1.165) is 36.8 Å². The molecule has 1 aliphatic rings. The van der Waals surface area contributed by atoms with E-state index in [1.54, 1.807) is 0 Å². The SMILES string of the molecule is Clc1ccc(C(c2cc3ccccc3s2)N2CCNCC2)c(Cl)c1. The van der Waals surface area contributed by atoms with E-state index in [4.69, 9.17) is 23.2 Å². The van der Waals surface area contributed by atoms with Crippen LogP contribution < -0.4 is 5.32 Å². The predicted octanol–water partition coefficient (Wildman–Crippen LogP) is 5.20. The Hall–Kier alpha value is -1.10. The molecule has 3 aromatic rings. The molecule has 2 heterocycles. The highest BCUT2D eigenvalue weighted by Crippen LogP contribution is 2.40. The van der Waals surface area contributed by atoms with Crippen molar-refractivity contribution in [3.8, 4) is 0 Å². The molecule has 2 nitrogen and oxygen atoms in total. The van der Waals surface area contributed by atoms with E-state index >= 15 is 0 Å². The van der Waals surface area contributed by atoms with E-state index in [-0.39, 0.29) is 6.04 Å². The van der Waals surface area contributed by atoms with Crippen molar-refractivity contribution in [1.29, 1.82) is 0 Å². The number of nitrogens with one attached hydrogen (secondary N) is 1. The van der Waals surface area contributed by atoms with Crippen molar-refractivity contribution in [1.82, 2.24) is 10.2 Å². The quantitative estimate of drug-likeness (QED) is 0.675. The molecule has 1 aliphatic heterocycles. The van der Waals surface area contributed by atoms with E-state index < -0.39 is 0 Å². The molecule has 0 spiro atoms. The van der Waals surface area contributed by atoms with Gasteiger partial charge >= 0.3 is 0 Å². The van der Waals surface area contributed by atoms with Gasteiger partial charge in [0.15, 0.2) is 0 Å². The Balaban J connectivity index is 1.82. The second-order valence-electron chi connectivity index (χ2n) is 6.04. The fourth-order valence-corrected chi connectivity index (χ4v) is 5.06. The average molecular weight is 377 g/mol. The molecule has 124 valence electrons. The average Bonchev–Trinajstić information content (AvgIpc) is 3.01. The molecule has 0 saturated carbocycles. The van der Waals surface area contributed by atoms with Crippen molar-refractivity contribution in [3.63, 3.8) is 0 Å². The molecule has 24 heavy (non-hydrogen) atoms. The fourth-order valence-electron chi connectivity index (χ4n) is 3.33. The summed E-state index contributed by atoms with van der Waals surface area (Å²) in [5.74, 6) is 0. The third-order valence-corrected chi connectivity index (χ3v) is 6.22. The molecule has 4 rings (SSSR count). The van der Waals surface area contributed by atoms with E-state index in [1.165, 1.54) is 15.0 Å². The number of nitrogens with zero attached hydrogens (tertiary/aromatic N) is 1. The van der Waals surface area contributed by atoms with Gasteiger partial charge in [-0.2, -0.15) is 0 Å². The lowest BCUT2D eigenvalue weighted by atomic mass is 10.0. The molecule has 1 fully saturated rings. The van der Waals surface area contributed by atoms with Gasteiger partial charge in [-0.3, -0.25) is 4.90 Å². The van der Waals surface area contributed by atoms with E-state index in [2.05, 4.69) is 46.6 Å². The van der Waals surface area contributed by atoms with Gasteiger partial charge in [-0.05, 0) is 35.2 Å². The number of piperazine rings is 1. The predicted molar refractivity (Wildman–Crippen MR) is 105 cm³/mol. The van der Waals surface area contributed by atoms with Crippen molar-refractivity contribution in [2.24, 2.45) is 0 Å². The summed E-state index contributed by atoms with van der Waals surface area (Å²) in [4.78, 5) is 3.85. The van der Waals surface area contributed by atoms with Crippen LogP contribution in [0.4, 0.5) is 0 Å². The Labute approximate surface area is 156 Å². The van der Waals surface area contributed by atoms with Gasteiger partial charge in [-0.1, -0.05) is 47.5 Å². The highest BCUT2D eigenvalue weighted by molar-refractivity contribution is 7.19. The summed E-state index contributed by atoms with van der Waals surface area (Å²) in [6.07, 6.45) is 0. The smallest absolute Gasteiger partial charge is 0.0711 e. The Morgan fingerprint density at radius 2 is 1.79 bits per heavy atom. The molecule has 5 heteroatoms. The lowest BCUT2D eigenvalue weighted by molar-refractivity contribution is 0.201. The summed E-state index contributed by atoms with van der Waals surface area (Å²) in [7, 11) is 0. The first kappa shape index (κ1) is 16.4. The lowest BCUT2D eigenvalue weighted by Gasteiger charge is -2.35. The summed E-state index contributed by atoms with van der Waals surface area (Å²) >= 11 is 14.5. The number of hydrogen-bond acceptors (Lipinski definition) is 3. The fraction of sp³-hybridized carbons (Fsp3) is 0.263. The topological polar surface area (TPSA) is 15.3 Å². The van der Waals surface area contributed by atoms with Gasteiger partial charge in [0.05, 0.1) is 6.04 Å². The Morgan fingerprint density at radius 1 is 1.00 bits per heavy atom. The van der Waals surface area contributed by atoms with Gasteiger partial charge in [0.2, 0.25) is 0 Å². The molecular formula is C19H18Cl2N2S. The first-order chi connectivity index (χ1) is 11.7. The zero-order valence-corrected chi connectivity index (χ0v) is 15.5. The number of fused-ring (bicyclic) bond motifs is 1. The van der Waals surface area contributed by atoms with Crippen LogP contribution in [-0.2, 0) is 0 Å². The highest BCUT2D eigenvalue weighted by Gasteiger charge is 2.27. The summed E-state index contributed by atoms with van der Waals surface area (Å²) in [5, 5.41) is 6.14. The molecule has 0 radical (unpaired) electrons. The van der Waals surface area contributed by atoms with E-state index in [1.807, 2.05) is 23.5 Å². The van der Waals surface area contributed by atoms with Crippen LogP contribution >= 0.6 is 34.5 Å². The molecule has 2 aromatic carbocycles. The van der Waals surface area contributed by atoms with Crippen molar-refractivity contribution < 1.29 is 0 Å². The van der Waals surface area contributed by atoms with Crippen LogP contribution in [0.2, 0.25) is 10.0 Å². The Bertz CT molecular complexity index is 822. The number of hydrogen-bond donors (Lipinski definition) is 1. The molecule has 0 aliphatic carbocycles. The lowest BCUT2D eigenvalue weighted by Crippen LogP contribution is -2.45. The number of rotatable bonds is 3. The molecule has 1 N–H and O–H groups in total. The summed E-state index contributed by atoms with van der Waals surface area (Å²) in [5.41, 5.74) is 1.13. The Morgan fingerprint density at radius 3 is 2.54 bits per heavy atom. The zero-order valence-electron chi connectivity index (χ0n) is 13.1. The van der Waals surface area contributed by atoms with Crippen LogP contribution in [0.3, 0.4) is 0 Å². The van der Waals surface area contributed by atoms with Crippen molar-refractivity contribution >= 4 is 44.6 Å². The standard InChI is InChI=1S/C19H18Cl2N2S/c20-14-5-6-15(16(21)12-14)19(23-9-7-22-8-10-23)18-11-13-3-1-2-4-17(13)24-18/h1-6,11-12,19,22H,7-10H2. The summed E-state index contributed by atoms with van der Waals surface area (Å²) in [6, 6.07) is 16.9. The van der Waals surface area contributed by atoms with Crippen molar-refractivity contribution in [2.75, 3.05) is 26.2 Å². The van der Waals surface area contributed by atoms with Crippen LogP contribution in [0.15, 0.2) is 48.5 Å². The second-order valence-corrected chi connectivity index (χ2v) is 8.00. The molecule has 0 amide bonds. The van der Waals surface area contributed by atoms with Crippen LogP contribution in [0.25, 0.3) is 10.1 Å². The largest absolute Gasteiger partial charge is 0.314 e. The van der Waals surface area contributed by atoms with E-state index in [0.29, 0.717) is 5.02 Å². The number of thiophene rings is 1. The van der Waals surface area contributed by atoms with Crippen LogP contribution in [0, 0.1) is 0 Å². The van der Waals surface area contributed by atoms with Crippen LogP contribution in [0.5, 0.6) is 0 Å². The second kappa shape index (κ2) is 7.03. The minimum Gasteiger partial charge on any atom is -0.314 e. The van der Waals surface area contributed by atoms with Gasteiger partial charge in [0, 0.05) is 45.8 Å². The molecule has 1 aromatic heterocycles. The summed E-state index contributed by atoms with van der Waals surface area (Å²) in [6.45, 7) is 4.04. The molecule has 1 atom stereocenters. The monoisotopic (exact) mass is 376 g/mol. The van der Waals surface area contributed by atoms with Gasteiger partial charge < -0.3 is 5.32 Å². The number of benzene rings is 2. The number of halogens is 2. The highest BCUT2D eigenvalue weighted by atomic mass is 35.5. The molecule has 1 unspecified atom stereocenters. The maximum absolute atomic E-state index is 6.57. The van der Waals surface area contributed by atoms with Gasteiger partial charge in [0.25, 0.3) is 0 Å². The maximum Gasteiger partial charge on any atom is 0.0711 e. The third kappa shape index (κ3) is 3.19. The Kier molecular flexibility index (Phi) is 4.79. The van der Waals surface area contributed by atoms with Crippen molar-refractivity contribution in [3.05, 3.63) is 69.0 Å². The van der Waals surface area contributed by atoms with Gasteiger partial charge in [0.1, 0.15) is 0 Å².